The van der Waals surface area contributed by atoms with Crippen LogP contribution in [0.5, 0.6) is 0 Å². The average Bonchev–Trinajstić information content (AvgIpc) is 1.13. The summed E-state index contributed by atoms with van der Waals surface area (Å²) in [7, 11) is 0. The zero-order valence-corrected chi connectivity index (χ0v) is 96.5. The van der Waals surface area contributed by atoms with Crippen molar-refractivity contribution in [2.75, 3.05) is 9.80 Å². The van der Waals surface area contributed by atoms with Gasteiger partial charge in [0, 0.05) is 77.9 Å². The molecular weight excluding hydrogens is 1750 g/mol. The van der Waals surface area contributed by atoms with Gasteiger partial charge in [0.1, 0.15) is 0 Å². The van der Waals surface area contributed by atoms with E-state index < -0.39 is 0 Å². The minimum absolute atomic E-state index is 0.110. The van der Waals surface area contributed by atoms with Crippen LogP contribution >= 0.6 is 0 Å². The maximum Gasteiger partial charge on any atom is 0.252 e. The van der Waals surface area contributed by atoms with Crippen LogP contribution in [0.15, 0.2) is 249 Å². The van der Waals surface area contributed by atoms with Gasteiger partial charge in [-0.2, -0.15) is 0 Å². The molecule has 0 fully saturated rings. The minimum atomic E-state index is -0.376. The first-order valence-electron chi connectivity index (χ1n) is 54.0. The molecule has 0 aliphatic carbocycles. The quantitative estimate of drug-likeness (QED) is 0.134. The fraction of sp³-hybridized carbons (Fsp3) is 0.400. The van der Waals surface area contributed by atoms with E-state index in [1.165, 1.54) is 177 Å². The molecule has 0 saturated carbocycles. The molecule has 2 aromatic heterocycles. The average molecular weight is 1920 g/mol. The standard InChI is InChI=1S/C140H167BN4/c1-127(2,3)89-47-43-84(44-48-89)104-78-100(138(34,35)36)80-106(88-67-98(136(28,29)30)72-99(68-88)137(31,32)33)125(104)144-120-82-102(142-116-61-52-92(130(10,11)12)74-108(116)109-75-93(131(13,14)15)53-62-117(109)142)56-59-114(120)141-115-60-57-103(143-118-63-54-94(132(16,17)18)76-110(118)111-77-95(133(19,20)21)55-64-119(111)143)83-121(115)145(123-70-87(69-122(144)124(123)141)86-65-96(134(22,23)24)71-97(66-86)135(25,26)27)126-105(85-45-49-90(50-46-85)128(4,5)6)79-101(139(37,38)39)81-112(126)107-73-91(129(7,8)9)51-58-113(107)140(40,41)42/h43-83H,1-42H3. The van der Waals surface area contributed by atoms with Crippen LogP contribution in [-0.2, 0) is 75.8 Å². The smallest absolute Gasteiger partial charge is 0.252 e. The lowest BCUT2D eigenvalue weighted by Gasteiger charge is -2.46. The Morgan fingerprint density at radius 1 is 0.166 bits per heavy atom. The highest BCUT2D eigenvalue weighted by Gasteiger charge is 2.48. The van der Waals surface area contributed by atoms with E-state index in [2.05, 4.69) is 558 Å². The Morgan fingerprint density at radius 3 is 0.703 bits per heavy atom. The number of benzene rings is 14. The molecule has 750 valence electrons. The lowest BCUT2D eigenvalue weighted by Crippen LogP contribution is -2.61. The molecule has 5 heteroatoms. The summed E-state index contributed by atoms with van der Waals surface area (Å²) in [6, 6.07) is 104. The van der Waals surface area contributed by atoms with Crippen LogP contribution < -0.4 is 26.2 Å². The predicted octanol–water partition coefficient (Wildman–Crippen LogP) is 38.5. The number of aromatic nitrogens is 2. The molecule has 2 aliphatic heterocycles. The monoisotopic (exact) mass is 1920 g/mol. The summed E-state index contributed by atoms with van der Waals surface area (Å²) in [5.74, 6) is 0. The van der Waals surface area contributed by atoms with E-state index in [1.54, 1.807) is 0 Å². The molecule has 145 heavy (non-hydrogen) atoms. The van der Waals surface area contributed by atoms with Crippen molar-refractivity contribution in [1.82, 2.24) is 9.13 Å². The summed E-state index contributed by atoms with van der Waals surface area (Å²) >= 11 is 0. The van der Waals surface area contributed by atoms with Gasteiger partial charge in [-0.25, -0.2) is 0 Å². The van der Waals surface area contributed by atoms with Crippen molar-refractivity contribution in [3.63, 3.8) is 0 Å². The Labute approximate surface area is 873 Å². The topological polar surface area (TPSA) is 16.3 Å². The SMILES string of the molecule is CC(C)(C)c1ccc(-c2cc(C(C)(C)C)cc(-c3cc(C(C)(C)C)cc(C(C)(C)C)c3)c2N2c3cc(-n4c5ccc(C(C)(C)C)cc5c5cc(C(C)(C)C)ccc54)ccc3B3c4ccc(-n5c6ccc(C(C)(C)C)cc6c6cc(C(C)(C)C)ccc65)cc4N(c4c(-c5ccc(C(C)(C)C)cc5)cc(C(C)(C)C)cc4-c4cc(C(C)(C)C)ccc4C(C)(C)C)c4cc(-c5cc(C(C)(C)C)cc(C(C)(C)C)c5)cc2c43)cc1. The van der Waals surface area contributed by atoms with Gasteiger partial charge in [-0.05, 0) is 313 Å². The van der Waals surface area contributed by atoms with E-state index >= 15 is 0 Å². The molecule has 0 unspecified atom stereocenters. The number of anilines is 6. The molecule has 0 saturated heterocycles. The molecule has 0 bridgehead atoms. The molecule has 4 heterocycles. The normalized spacial score (nSPS) is 14.1. The third kappa shape index (κ3) is 19.1. The zero-order valence-electron chi connectivity index (χ0n) is 96.5. The molecule has 0 atom stereocenters. The van der Waals surface area contributed by atoms with Crippen LogP contribution in [0.25, 0.3) is 111 Å². The lowest BCUT2D eigenvalue weighted by molar-refractivity contribution is 0.568. The second-order valence-corrected chi connectivity index (χ2v) is 58.0. The Morgan fingerprint density at radius 2 is 0.407 bits per heavy atom. The minimum Gasteiger partial charge on any atom is -0.310 e. The fourth-order valence-corrected chi connectivity index (χ4v) is 22.3. The first kappa shape index (κ1) is 103. The van der Waals surface area contributed by atoms with E-state index in [9.17, 15) is 0 Å². The van der Waals surface area contributed by atoms with Crippen LogP contribution in [0.3, 0.4) is 0 Å². The number of rotatable bonds is 9. The number of fused-ring (bicyclic) bond motifs is 10. The van der Waals surface area contributed by atoms with Gasteiger partial charge in [-0.15, -0.1) is 0 Å². The molecule has 14 aromatic carbocycles. The van der Waals surface area contributed by atoms with E-state index in [0.29, 0.717) is 0 Å². The first-order valence-corrected chi connectivity index (χ1v) is 54.0. The molecule has 0 radical (unpaired) electrons. The van der Waals surface area contributed by atoms with Crippen molar-refractivity contribution in [1.29, 1.82) is 0 Å². The van der Waals surface area contributed by atoms with Gasteiger partial charge >= 0.3 is 0 Å². The Bertz CT molecular complexity index is 7660. The third-order valence-corrected chi connectivity index (χ3v) is 32.0. The summed E-state index contributed by atoms with van der Waals surface area (Å²) < 4.78 is 5.26. The van der Waals surface area contributed by atoms with Gasteiger partial charge in [0.2, 0.25) is 0 Å². The molecule has 18 rings (SSSR count). The highest BCUT2D eigenvalue weighted by Crippen LogP contribution is 2.59. The van der Waals surface area contributed by atoms with Gasteiger partial charge in [-0.1, -0.05) is 430 Å². The van der Waals surface area contributed by atoms with E-state index in [4.69, 9.17) is 0 Å². The van der Waals surface area contributed by atoms with Gasteiger partial charge in [-0.3, -0.25) is 0 Å². The van der Waals surface area contributed by atoms with Crippen molar-refractivity contribution in [3.05, 3.63) is 327 Å². The van der Waals surface area contributed by atoms with Crippen molar-refractivity contribution >= 4 is 101 Å². The molecular formula is C140H167BN4. The van der Waals surface area contributed by atoms with Gasteiger partial charge in [0.25, 0.3) is 6.71 Å². The predicted molar refractivity (Wildman–Crippen MR) is 638 cm³/mol. The van der Waals surface area contributed by atoms with Gasteiger partial charge in [0.05, 0.1) is 33.4 Å². The number of hydrogen-bond donors (Lipinski definition) is 0. The van der Waals surface area contributed by atoms with Gasteiger partial charge < -0.3 is 18.9 Å². The van der Waals surface area contributed by atoms with Crippen LogP contribution in [0, 0.1) is 0 Å². The summed E-state index contributed by atoms with van der Waals surface area (Å²) in [5, 5.41) is 5.03. The van der Waals surface area contributed by atoms with E-state index in [1.807, 2.05) is 0 Å². The number of hydrogen-bond acceptors (Lipinski definition) is 2. The lowest BCUT2D eigenvalue weighted by atomic mass is 9.33. The molecule has 0 spiro atoms. The van der Waals surface area contributed by atoms with Crippen LogP contribution in [0.2, 0.25) is 0 Å². The second-order valence-electron chi connectivity index (χ2n) is 58.0. The molecule has 16 aromatic rings. The summed E-state index contributed by atoms with van der Waals surface area (Å²) in [4.78, 5) is 5.76. The molecule has 0 N–H and O–H groups in total. The van der Waals surface area contributed by atoms with Crippen LogP contribution in [-0.4, -0.2) is 15.8 Å². The maximum atomic E-state index is 2.88. The van der Waals surface area contributed by atoms with E-state index in [-0.39, 0.29) is 82.5 Å². The maximum absolute atomic E-state index is 2.88. The Hall–Kier alpha value is -11.7. The Balaban J connectivity index is 1.13. The van der Waals surface area contributed by atoms with E-state index in [0.717, 1.165) is 62.2 Å². The summed E-state index contributed by atoms with van der Waals surface area (Å²) in [6.45, 7) is 100. The highest BCUT2D eigenvalue weighted by molar-refractivity contribution is 7.00. The first-order chi connectivity index (χ1) is 66.7. The van der Waals surface area contributed by atoms with Crippen molar-refractivity contribution in [2.24, 2.45) is 0 Å². The zero-order chi connectivity index (χ0) is 106. The highest BCUT2D eigenvalue weighted by atomic mass is 15.2. The summed E-state index contributed by atoms with van der Waals surface area (Å²) in [5.41, 5.74) is 44.6. The fourth-order valence-electron chi connectivity index (χ4n) is 22.3. The van der Waals surface area contributed by atoms with Crippen molar-refractivity contribution < 1.29 is 0 Å². The largest absolute Gasteiger partial charge is 0.310 e. The van der Waals surface area contributed by atoms with Crippen LogP contribution in [0.1, 0.15) is 369 Å². The molecule has 2 aliphatic rings. The number of nitrogens with zero attached hydrogens (tertiary/aromatic N) is 4. The molecule has 0 amide bonds. The second kappa shape index (κ2) is 34.5. The third-order valence-electron chi connectivity index (χ3n) is 32.0. The van der Waals surface area contributed by atoms with Crippen LogP contribution in [0.4, 0.5) is 34.1 Å². The van der Waals surface area contributed by atoms with Gasteiger partial charge in [0.15, 0.2) is 0 Å². The molecule has 4 nitrogen and oxygen atoms in total. The summed E-state index contributed by atoms with van der Waals surface area (Å²) in [6.07, 6.45) is 0. The Kier molecular flexibility index (Phi) is 24.6. The van der Waals surface area contributed by atoms with Crippen molar-refractivity contribution in [2.45, 2.75) is 367 Å². The van der Waals surface area contributed by atoms with Crippen molar-refractivity contribution in [3.8, 4) is 67.0 Å².